The SMILES string of the molecule is CN1CCN(C(=O)c2sc(-c3ccccc3)nc2C(=O)c2ccc([N+](=O)[O-])cc2)CC1. The normalized spacial score (nSPS) is 14.4. The maximum absolute atomic E-state index is 13.3. The summed E-state index contributed by atoms with van der Waals surface area (Å²) in [4.78, 5) is 45.6. The second-order valence-corrected chi connectivity index (χ2v) is 8.29. The first-order valence-electron chi connectivity index (χ1n) is 9.77. The number of nitro groups is 1. The van der Waals surface area contributed by atoms with E-state index >= 15 is 0 Å². The molecule has 8 nitrogen and oxygen atoms in total. The number of hydrogen-bond acceptors (Lipinski definition) is 7. The third-order valence-corrected chi connectivity index (χ3v) is 6.28. The molecule has 1 aliphatic heterocycles. The van der Waals surface area contributed by atoms with Gasteiger partial charge in [0.15, 0.2) is 0 Å². The lowest BCUT2D eigenvalue weighted by molar-refractivity contribution is -0.384. The van der Waals surface area contributed by atoms with Gasteiger partial charge in [0.1, 0.15) is 15.6 Å². The lowest BCUT2D eigenvalue weighted by Crippen LogP contribution is -2.47. The average Bonchev–Trinajstić information content (AvgIpc) is 3.25. The summed E-state index contributed by atoms with van der Waals surface area (Å²) in [5.74, 6) is -0.635. The molecule has 0 atom stereocenters. The van der Waals surface area contributed by atoms with Crippen LogP contribution >= 0.6 is 11.3 Å². The van der Waals surface area contributed by atoms with Crippen molar-refractivity contribution in [3.8, 4) is 10.6 Å². The van der Waals surface area contributed by atoms with Gasteiger partial charge in [0, 0.05) is 49.4 Å². The van der Waals surface area contributed by atoms with E-state index in [4.69, 9.17) is 0 Å². The highest BCUT2D eigenvalue weighted by Crippen LogP contribution is 2.31. The lowest BCUT2D eigenvalue weighted by atomic mass is 10.1. The number of likely N-dealkylation sites (N-methyl/N-ethyl adjacent to an activating group) is 1. The molecule has 0 radical (unpaired) electrons. The Bertz CT molecular complexity index is 1120. The number of nitro benzene ring substituents is 1. The third-order valence-electron chi connectivity index (χ3n) is 5.19. The van der Waals surface area contributed by atoms with Crippen molar-refractivity contribution in [1.29, 1.82) is 0 Å². The van der Waals surface area contributed by atoms with E-state index in [0.29, 0.717) is 23.0 Å². The van der Waals surface area contributed by atoms with Gasteiger partial charge in [0.2, 0.25) is 5.78 Å². The summed E-state index contributed by atoms with van der Waals surface area (Å²) in [5, 5.41) is 11.5. The summed E-state index contributed by atoms with van der Waals surface area (Å²) in [6, 6.07) is 14.7. The number of carbonyl (C=O) groups excluding carboxylic acids is 2. The highest BCUT2D eigenvalue weighted by Gasteiger charge is 2.29. The van der Waals surface area contributed by atoms with Crippen molar-refractivity contribution >= 4 is 28.7 Å². The molecule has 0 N–H and O–H groups in total. The number of amides is 1. The summed E-state index contributed by atoms with van der Waals surface area (Å²) in [6.07, 6.45) is 0. The topological polar surface area (TPSA) is 96.7 Å². The Labute approximate surface area is 182 Å². The number of non-ortho nitro benzene ring substituents is 1. The second-order valence-electron chi connectivity index (χ2n) is 7.29. The molecule has 0 unspecified atom stereocenters. The summed E-state index contributed by atoms with van der Waals surface area (Å²) in [7, 11) is 2.01. The van der Waals surface area contributed by atoms with Gasteiger partial charge < -0.3 is 9.80 Å². The summed E-state index contributed by atoms with van der Waals surface area (Å²) in [5.41, 5.74) is 1.06. The van der Waals surface area contributed by atoms with Crippen molar-refractivity contribution in [2.24, 2.45) is 0 Å². The fourth-order valence-electron chi connectivity index (χ4n) is 3.35. The molecule has 1 fully saturated rings. The average molecular weight is 436 g/mol. The first kappa shape index (κ1) is 20.8. The summed E-state index contributed by atoms with van der Waals surface area (Å²) < 4.78 is 0. The van der Waals surface area contributed by atoms with Gasteiger partial charge in [0.05, 0.1) is 4.92 Å². The Hall–Kier alpha value is -3.43. The van der Waals surface area contributed by atoms with E-state index < -0.39 is 10.7 Å². The minimum atomic E-state index is -0.521. The predicted molar refractivity (Wildman–Crippen MR) is 117 cm³/mol. The Kier molecular flexibility index (Phi) is 5.88. The van der Waals surface area contributed by atoms with Gasteiger partial charge in [-0.25, -0.2) is 4.98 Å². The number of benzene rings is 2. The van der Waals surface area contributed by atoms with Crippen molar-refractivity contribution in [1.82, 2.24) is 14.8 Å². The molecule has 1 amide bonds. The molecule has 3 aromatic rings. The van der Waals surface area contributed by atoms with Crippen LogP contribution in [0.15, 0.2) is 54.6 Å². The van der Waals surface area contributed by atoms with Crippen LogP contribution in [0.25, 0.3) is 10.6 Å². The number of rotatable bonds is 5. The van der Waals surface area contributed by atoms with Crippen molar-refractivity contribution in [3.05, 3.63) is 80.8 Å². The number of aromatic nitrogens is 1. The van der Waals surface area contributed by atoms with Crippen LogP contribution in [-0.4, -0.2) is 64.6 Å². The molecule has 9 heteroatoms. The quantitative estimate of drug-likeness (QED) is 0.346. The molecule has 1 aromatic heterocycles. The zero-order chi connectivity index (χ0) is 22.0. The van der Waals surface area contributed by atoms with Crippen LogP contribution in [-0.2, 0) is 0 Å². The highest BCUT2D eigenvalue weighted by molar-refractivity contribution is 7.17. The van der Waals surface area contributed by atoms with E-state index in [9.17, 15) is 19.7 Å². The van der Waals surface area contributed by atoms with Crippen LogP contribution in [0, 0.1) is 10.1 Å². The van der Waals surface area contributed by atoms with Crippen LogP contribution < -0.4 is 0 Å². The molecule has 0 bridgehead atoms. The molecule has 2 heterocycles. The molecule has 0 aliphatic carbocycles. The molecule has 2 aromatic carbocycles. The minimum absolute atomic E-state index is 0.0848. The third kappa shape index (κ3) is 4.37. The number of ketones is 1. The van der Waals surface area contributed by atoms with Gasteiger partial charge in [-0.2, -0.15) is 0 Å². The number of piperazine rings is 1. The first-order chi connectivity index (χ1) is 14.9. The van der Waals surface area contributed by atoms with Gasteiger partial charge in [-0.15, -0.1) is 11.3 Å². The van der Waals surface area contributed by atoms with Crippen molar-refractivity contribution < 1.29 is 14.5 Å². The minimum Gasteiger partial charge on any atom is -0.335 e. The monoisotopic (exact) mass is 436 g/mol. The standard InChI is InChI=1S/C22H20N4O4S/c1-24-11-13-25(14-12-24)22(28)20-18(23-21(31-20)16-5-3-2-4-6-16)19(27)15-7-9-17(10-8-15)26(29)30/h2-10H,11-14H2,1H3. The van der Waals surface area contributed by atoms with E-state index in [1.807, 2.05) is 37.4 Å². The van der Waals surface area contributed by atoms with E-state index in [0.717, 1.165) is 18.7 Å². The van der Waals surface area contributed by atoms with E-state index in [1.54, 1.807) is 4.90 Å². The molecule has 1 saturated heterocycles. The first-order valence-corrected chi connectivity index (χ1v) is 10.6. The van der Waals surface area contributed by atoms with E-state index in [-0.39, 0.29) is 22.9 Å². The number of thiazole rings is 1. The number of nitrogens with zero attached hydrogens (tertiary/aromatic N) is 4. The molecule has 158 valence electrons. The largest absolute Gasteiger partial charge is 0.335 e. The molecular formula is C22H20N4O4S. The highest BCUT2D eigenvalue weighted by atomic mass is 32.1. The molecule has 0 saturated carbocycles. The second kappa shape index (κ2) is 8.75. The molecule has 0 spiro atoms. The van der Waals surface area contributed by atoms with Crippen LogP contribution in [0.2, 0.25) is 0 Å². The Morgan fingerprint density at radius 3 is 2.26 bits per heavy atom. The van der Waals surface area contributed by atoms with Crippen molar-refractivity contribution in [2.45, 2.75) is 0 Å². The maximum Gasteiger partial charge on any atom is 0.269 e. The summed E-state index contributed by atoms with van der Waals surface area (Å²) in [6.45, 7) is 2.70. The molecular weight excluding hydrogens is 416 g/mol. The summed E-state index contributed by atoms with van der Waals surface area (Å²) >= 11 is 1.20. The number of carbonyl (C=O) groups is 2. The van der Waals surface area contributed by atoms with E-state index in [2.05, 4.69) is 9.88 Å². The fraction of sp³-hybridized carbons (Fsp3) is 0.227. The molecule has 1 aliphatic rings. The number of hydrogen-bond donors (Lipinski definition) is 0. The smallest absolute Gasteiger partial charge is 0.269 e. The van der Waals surface area contributed by atoms with Crippen LogP contribution in [0.3, 0.4) is 0 Å². The van der Waals surface area contributed by atoms with Crippen molar-refractivity contribution in [3.63, 3.8) is 0 Å². The van der Waals surface area contributed by atoms with Gasteiger partial charge in [0.25, 0.3) is 11.6 Å². The van der Waals surface area contributed by atoms with Gasteiger partial charge >= 0.3 is 0 Å². The molecule has 31 heavy (non-hydrogen) atoms. The zero-order valence-corrected chi connectivity index (χ0v) is 17.7. The maximum atomic E-state index is 13.3. The fourth-order valence-corrected chi connectivity index (χ4v) is 4.38. The van der Waals surface area contributed by atoms with E-state index in [1.165, 1.54) is 35.6 Å². The lowest BCUT2D eigenvalue weighted by Gasteiger charge is -2.32. The van der Waals surface area contributed by atoms with Gasteiger partial charge in [-0.05, 0) is 19.2 Å². The Morgan fingerprint density at radius 1 is 1.00 bits per heavy atom. The predicted octanol–water partition coefficient (Wildman–Crippen LogP) is 3.34. The van der Waals surface area contributed by atoms with Crippen LogP contribution in [0.5, 0.6) is 0 Å². The van der Waals surface area contributed by atoms with Crippen molar-refractivity contribution in [2.75, 3.05) is 33.2 Å². The van der Waals surface area contributed by atoms with Gasteiger partial charge in [-0.3, -0.25) is 19.7 Å². The molecule has 4 rings (SSSR count). The zero-order valence-electron chi connectivity index (χ0n) is 16.9. The Balaban J connectivity index is 1.72. The van der Waals surface area contributed by atoms with Gasteiger partial charge in [-0.1, -0.05) is 30.3 Å². The Morgan fingerprint density at radius 2 is 1.65 bits per heavy atom. The van der Waals surface area contributed by atoms with Crippen LogP contribution in [0.4, 0.5) is 5.69 Å². The van der Waals surface area contributed by atoms with Crippen LogP contribution in [0.1, 0.15) is 25.7 Å².